The number of carbonyl (C=O) groups is 1. The Morgan fingerprint density at radius 3 is 1.37 bits per heavy atom. The zero-order valence-electron chi connectivity index (χ0n) is 31.4. The highest BCUT2D eigenvalue weighted by Crippen LogP contribution is 2.45. The minimum atomic E-state index is -1.02. The Hall–Kier alpha value is -6.83. The highest BCUT2D eigenvalue weighted by Gasteiger charge is 2.42. The molecule has 2 atom stereocenters. The molecule has 0 aromatic heterocycles. The summed E-state index contributed by atoms with van der Waals surface area (Å²) in [5.41, 5.74) is 5.91. The van der Waals surface area contributed by atoms with Gasteiger partial charge in [-0.3, -0.25) is 4.79 Å². The highest BCUT2D eigenvalue weighted by atomic mass is 16.6. The first-order valence-electron chi connectivity index (χ1n) is 19.0. The number of hydrogen-bond acceptors (Lipinski definition) is 7. The maximum absolute atomic E-state index is 14.9. The fraction of sp³-hybridized carbons (Fsp3) is 0.140. The summed E-state index contributed by atoms with van der Waals surface area (Å²) in [7, 11) is 0. The van der Waals surface area contributed by atoms with E-state index in [-0.39, 0.29) is 19.0 Å². The molecular formula is C50H42O7. The van der Waals surface area contributed by atoms with E-state index in [0.29, 0.717) is 59.7 Å². The average Bonchev–Trinajstić information content (AvgIpc) is 3.27. The lowest BCUT2D eigenvalue weighted by atomic mass is 9.92. The van der Waals surface area contributed by atoms with Crippen LogP contribution in [0.15, 0.2) is 182 Å². The molecule has 0 aliphatic carbocycles. The van der Waals surface area contributed by atoms with Gasteiger partial charge in [-0.2, -0.15) is 0 Å². The first-order valence-corrected chi connectivity index (χ1v) is 19.0. The normalized spacial score (nSPS) is 14.6. The summed E-state index contributed by atoms with van der Waals surface area (Å²) >= 11 is 0. The maximum Gasteiger partial charge on any atom is 0.203 e. The Bertz CT molecular complexity index is 2350. The summed E-state index contributed by atoms with van der Waals surface area (Å²) < 4.78 is 38.9. The van der Waals surface area contributed by atoms with Crippen molar-refractivity contribution in [3.8, 4) is 28.7 Å². The lowest BCUT2D eigenvalue weighted by Crippen LogP contribution is -2.38. The van der Waals surface area contributed by atoms with Crippen LogP contribution < -0.4 is 23.7 Å². The maximum atomic E-state index is 14.9. The van der Waals surface area contributed by atoms with Gasteiger partial charge in [0.05, 0.1) is 6.61 Å². The number of ether oxygens (including phenoxy) is 6. The first kappa shape index (κ1) is 37.1. The first-order chi connectivity index (χ1) is 28.2. The molecule has 0 radical (unpaired) electrons. The van der Waals surface area contributed by atoms with E-state index in [0.717, 1.165) is 27.8 Å². The van der Waals surface area contributed by atoms with Crippen LogP contribution in [0.4, 0.5) is 0 Å². The van der Waals surface area contributed by atoms with Crippen molar-refractivity contribution >= 4 is 5.78 Å². The Balaban J connectivity index is 1.16. The van der Waals surface area contributed by atoms with Gasteiger partial charge in [-0.15, -0.1) is 0 Å². The third-order valence-electron chi connectivity index (χ3n) is 9.60. The molecule has 0 fully saturated rings. The summed E-state index contributed by atoms with van der Waals surface area (Å²) in [5, 5.41) is 0. The van der Waals surface area contributed by atoms with Gasteiger partial charge in [0.25, 0.3) is 0 Å². The van der Waals surface area contributed by atoms with E-state index in [1.54, 1.807) is 12.1 Å². The smallest absolute Gasteiger partial charge is 0.203 e. The summed E-state index contributed by atoms with van der Waals surface area (Å²) in [4.78, 5) is 14.9. The Morgan fingerprint density at radius 2 is 0.860 bits per heavy atom. The van der Waals surface area contributed by atoms with Gasteiger partial charge in [0, 0.05) is 12.1 Å². The monoisotopic (exact) mass is 754 g/mol. The van der Waals surface area contributed by atoms with Crippen molar-refractivity contribution in [2.45, 2.75) is 45.2 Å². The van der Waals surface area contributed by atoms with Crippen LogP contribution in [0.2, 0.25) is 0 Å². The molecular weight excluding hydrogens is 713 g/mol. The minimum absolute atomic E-state index is 0.195. The van der Waals surface area contributed by atoms with Gasteiger partial charge in [0.15, 0.2) is 23.7 Å². The number of carbonyl (C=O) groups excluding carboxylic acids is 1. The molecule has 1 aliphatic heterocycles. The van der Waals surface area contributed by atoms with Crippen LogP contribution in [0.3, 0.4) is 0 Å². The Labute approximate surface area is 333 Å². The molecule has 1 heterocycles. The summed E-state index contributed by atoms with van der Waals surface area (Å²) in [6, 6.07) is 58.6. The number of Topliss-reactive ketones (excluding diaryl/α,β-unsaturated/α-hetero) is 1. The van der Waals surface area contributed by atoms with Crippen molar-refractivity contribution in [2.24, 2.45) is 0 Å². The van der Waals surface area contributed by atoms with Crippen molar-refractivity contribution in [1.82, 2.24) is 0 Å². The van der Waals surface area contributed by atoms with E-state index in [1.807, 2.05) is 170 Å². The van der Waals surface area contributed by atoms with Gasteiger partial charge < -0.3 is 28.4 Å². The van der Waals surface area contributed by atoms with Crippen LogP contribution in [-0.2, 0) is 37.8 Å². The number of benzene rings is 7. The second-order valence-corrected chi connectivity index (χ2v) is 13.7. The zero-order valence-corrected chi connectivity index (χ0v) is 31.4. The molecule has 7 nitrogen and oxygen atoms in total. The van der Waals surface area contributed by atoms with Crippen molar-refractivity contribution < 1.29 is 33.2 Å². The molecule has 0 saturated heterocycles. The summed E-state index contributed by atoms with van der Waals surface area (Å²) in [6.07, 6.45) is -1.87. The van der Waals surface area contributed by atoms with Gasteiger partial charge in [-0.1, -0.05) is 158 Å². The number of fused-ring (bicyclic) bond motifs is 1. The predicted molar refractivity (Wildman–Crippen MR) is 219 cm³/mol. The average molecular weight is 755 g/mol. The molecule has 0 saturated carbocycles. The topological polar surface area (TPSA) is 72.5 Å². The molecule has 1 aliphatic rings. The van der Waals surface area contributed by atoms with Gasteiger partial charge >= 0.3 is 0 Å². The second-order valence-electron chi connectivity index (χ2n) is 13.7. The molecule has 57 heavy (non-hydrogen) atoms. The Kier molecular flexibility index (Phi) is 11.9. The molecule has 7 heteroatoms. The fourth-order valence-electron chi connectivity index (χ4n) is 6.62. The van der Waals surface area contributed by atoms with E-state index < -0.39 is 12.2 Å². The van der Waals surface area contributed by atoms with E-state index >= 15 is 0 Å². The zero-order chi connectivity index (χ0) is 38.7. The van der Waals surface area contributed by atoms with Crippen LogP contribution in [0.1, 0.15) is 49.8 Å². The molecule has 7 aromatic carbocycles. The predicted octanol–water partition coefficient (Wildman–Crippen LogP) is 10.9. The highest BCUT2D eigenvalue weighted by molar-refractivity contribution is 6.06. The van der Waals surface area contributed by atoms with Crippen molar-refractivity contribution in [1.29, 1.82) is 0 Å². The van der Waals surface area contributed by atoms with E-state index in [4.69, 9.17) is 28.4 Å². The summed E-state index contributed by atoms with van der Waals surface area (Å²) in [5.74, 6) is 2.03. The van der Waals surface area contributed by atoms with Gasteiger partial charge in [0.2, 0.25) is 5.78 Å². The molecule has 0 bridgehead atoms. The molecule has 7 aromatic rings. The third-order valence-corrected chi connectivity index (χ3v) is 9.60. The lowest BCUT2D eigenvalue weighted by Gasteiger charge is -2.34. The molecule has 0 N–H and O–H groups in total. The van der Waals surface area contributed by atoms with Crippen LogP contribution in [0.5, 0.6) is 28.7 Å². The fourth-order valence-corrected chi connectivity index (χ4v) is 6.62. The number of ketones is 1. The number of rotatable bonds is 16. The number of hydrogen-bond donors (Lipinski definition) is 0. The lowest BCUT2D eigenvalue weighted by molar-refractivity contribution is -0.0294. The minimum Gasteiger partial charge on any atom is -0.489 e. The van der Waals surface area contributed by atoms with Gasteiger partial charge in [-0.05, 0) is 45.5 Å². The largest absolute Gasteiger partial charge is 0.489 e. The van der Waals surface area contributed by atoms with Crippen LogP contribution in [0.25, 0.3) is 0 Å². The Morgan fingerprint density at radius 1 is 0.421 bits per heavy atom. The van der Waals surface area contributed by atoms with Crippen LogP contribution in [-0.4, -0.2) is 11.9 Å². The van der Waals surface area contributed by atoms with E-state index in [9.17, 15) is 4.79 Å². The SMILES string of the molecule is O=C1c2c(OCc3ccccc3)cc(OCc3ccccc3)cc2O[C@H](c2ccc(OCc3ccccc3)c(OCc3ccccc3)c2)[C@@H]1OCc1ccccc1. The standard InChI is InChI=1S/C50H42O7/c51-48-47-45(55-34-39-22-12-4-13-23-39)29-42(52-31-36-16-6-1-7-17-36)30-46(47)57-49(50(48)56-35-40-24-14-5-15-25-40)41-26-27-43(53-32-37-18-8-2-9-19-37)44(28-41)54-33-38-20-10-3-11-21-38/h1-30,49-50H,31-35H2/t49-,50-/m1/s1. The van der Waals surface area contributed by atoms with Crippen LogP contribution >= 0.6 is 0 Å². The van der Waals surface area contributed by atoms with Crippen molar-refractivity contribution in [3.05, 3.63) is 221 Å². The third kappa shape index (κ3) is 9.53. The molecule has 284 valence electrons. The molecule has 8 rings (SSSR count). The molecule has 0 amide bonds. The van der Waals surface area contributed by atoms with Crippen molar-refractivity contribution in [2.75, 3.05) is 0 Å². The second kappa shape index (κ2) is 18.2. The van der Waals surface area contributed by atoms with Crippen LogP contribution in [0, 0.1) is 0 Å². The quantitative estimate of drug-likeness (QED) is 0.0972. The molecule has 0 spiro atoms. The van der Waals surface area contributed by atoms with Gasteiger partial charge in [-0.25, -0.2) is 0 Å². The molecule has 0 unspecified atom stereocenters. The van der Waals surface area contributed by atoms with Crippen molar-refractivity contribution in [3.63, 3.8) is 0 Å². The van der Waals surface area contributed by atoms with E-state index in [2.05, 4.69) is 0 Å². The van der Waals surface area contributed by atoms with Gasteiger partial charge in [0.1, 0.15) is 49.2 Å². The summed E-state index contributed by atoms with van der Waals surface area (Å²) in [6.45, 7) is 1.44. The van der Waals surface area contributed by atoms with E-state index in [1.165, 1.54) is 0 Å².